The number of esters is 1. The Bertz CT molecular complexity index is 346. The van der Waals surface area contributed by atoms with Gasteiger partial charge >= 0.3 is 11.9 Å². The maximum atomic E-state index is 11.3. The van der Waals surface area contributed by atoms with Gasteiger partial charge in [-0.2, -0.15) is 0 Å². The molecule has 1 fully saturated rings. The molecule has 2 atom stereocenters. The molecule has 90 valence electrons. The molecule has 1 aliphatic rings. The summed E-state index contributed by atoms with van der Waals surface area (Å²) in [6.07, 6.45) is 1.64. The van der Waals surface area contributed by atoms with Gasteiger partial charge in [0.25, 0.3) is 0 Å². The van der Waals surface area contributed by atoms with Gasteiger partial charge in [0.05, 0.1) is 17.0 Å². The summed E-state index contributed by atoms with van der Waals surface area (Å²) in [6.45, 7) is 5.77. The zero-order valence-electron chi connectivity index (χ0n) is 9.49. The van der Waals surface area contributed by atoms with Crippen molar-refractivity contribution in [2.75, 3.05) is 6.61 Å². The van der Waals surface area contributed by atoms with Gasteiger partial charge < -0.3 is 9.84 Å². The lowest BCUT2D eigenvalue weighted by Gasteiger charge is -2.00. The Morgan fingerprint density at radius 1 is 1.50 bits per heavy atom. The number of carbonyl (C=O) groups excluding carboxylic acids is 1. The SMILES string of the molecule is CCOC(=O)/C(Br)=C/[C@@H]1[C@@H](C(=O)O)C1(C)C. The first-order valence-electron chi connectivity index (χ1n) is 5.09. The summed E-state index contributed by atoms with van der Waals surface area (Å²) >= 11 is 3.11. The lowest BCUT2D eigenvalue weighted by Crippen LogP contribution is -2.04. The Balaban J connectivity index is 2.72. The maximum absolute atomic E-state index is 11.3. The van der Waals surface area contributed by atoms with Crippen molar-refractivity contribution >= 4 is 27.9 Å². The van der Waals surface area contributed by atoms with Gasteiger partial charge in [-0.05, 0) is 34.2 Å². The molecular weight excluding hydrogens is 276 g/mol. The Morgan fingerprint density at radius 3 is 2.44 bits per heavy atom. The van der Waals surface area contributed by atoms with Gasteiger partial charge in [0.2, 0.25) is 0 Å². The van der Waals surface area contributed by atoms with Crippen LogP contribution in [0.15, 0.2) is 10.6 Å². The maximum Gasteiger partial charge on any atom is 0.344 e. The fourth-order valence-electron chi connectivity index (χ4n) is 1.89. The summed E-state index contributed by atoms with van der Waals surface area (Å²) < 4.78 is 5.10. The van der Waals surface area contributed by atoms with E-state index in [9.17, 15) is 9.59 Å². The quantitative estimate of drug-likeness (QED) is 0.637. The highest BCUT2D eigenvalue weighted by molar-refractivity contribution is 9.12. The highest BCUT2D eigenvalue weighted by Crippen LogP contribution is 2.59. The molecule has 1 aliphatic carbocycles. The summed E-state index contributed by atoms with van der Waals surface area (Å²) in [5.41, 5.74) is -0.294. The molecular formula is C11H15BrO4. The van der Waals surface area contributed by atoms with Crippen LogP contribution in [0.3, 0.4) is 0 Å². The van der Waals surface area contributed by atoms with Crippen molar-refractivity contribution in [2.45, 2.75) is 20.8 Å². The Hall–Kier alpha value is -0.840. The molecule has 0 aromatic rings. The molecule has 0 bridgehead atoms. The third kappa shape index (κ3) is 2.45. The molecule has 0 saturated heterocycles. The number of halogens is 1. The van der Waals surface area contributed by atoms with Gasteiger partial charge in [0.1, 0.15) is 0 Å². The minimum absolute atomic E-state index is 0.121. The van der Waals surface area contributed by atoms with Gasteiger partial charge in [-0.15, -0.1) is 0 Å². The Morgan fingerprint density at radius 2 is 2.06 bits per heavy atom. The van der Waals surface area contributed by atoms with Gasteiger partial charge in [-0.3, -0.25) is 4.79 Å². The van der Waals surface area contributed by atoms with E-state index in [4.69, 9.17) is 9.84 Å². The van der Waals surface area contributed by atoms with Crippen LogP contribution in [0.5, 0.6) is 0 Å². The first kappa shape index (κ1) is 13.2. The van der Waals surface area contributed by atoms with Crippen molar-refractivity contribution in [1.82, 2.24) is 0 Å². The molecule has 0 spiro atoms. The monoisotopic (exact) mass is 290 g/mol. The van der Waals surface area contributed by atoms with Crippen LogP contribution in [0.2, 0.25) is 0 Å². The van der Waals surface area contributed by atoms with E-state index in [1.807, 2.05) is 13.8 Å². The molecule has 4 nitrogen and oxygen atoms in total. The molecule has 0 aromatic carbocycles. The van der Waals surface area contributed by atoms with Crippen molar-refractivity contribution < 1.29 is 19.4 Å². The molecule has 0 aromatic heterocycles. The van der Waals surface area contributed by atoms with E-state index in [0.717, 1.165) is 0 Å². The second-order valence-corrected chi connectivity index (χ2v) is 5.25. The second-order valence-electron chi connectivity index (χ2n) is 4.40. The third-order valence-electron chi connectivity index (χ3n) is 2.97. The summed E-state index contributed by atoms with van der Waals surface area (Å²) in [7, 11) is 0. The van der Waals surface area contributed by atoms with Gasteiger partial charge in [-0.25, -0.2) is 4.79 Å². The average molecular weight is 291 g/mol. The van der Waals surface area contributed by atoms with Crippen LogP contribution in [0.25, 0.3) is 0 Å². The number of carboxylic acids is 1. The predicted octanol–water partition coefficient (Wildman–Crippen LogP) is 2.19. The largest absolute Gasteiger partial charge is 0.481 e. The van der Waals surface area contributed by atoms with E-state index in [0.29, 0.717) is 11.1 Å². The first-order chi connectivity index (χ1) is 7.32. The predicted molar refractivity (Wildman–Crippen MR) is 62.0 cm³/mol. The summed E-state index contributed by atoms with van der Waals surface area (Å²) in [4.78, 5) is 22.2. The van der Waals surface area contributed by atoms with Crippen molar-refractivity contribution in [2.24, 2.45) is 17.3 Å². The topological polar surface area (TPSA) is 63.6 Å². The Labute approximate surface area is 103 Å². The number of hydrogen-bond acceptors (Lipinski definition) is 3. The molecule has 0 radical (unpaired) electrons. The lowest BCUT2D eigenvalue weighted by atomic mass is 10.1. The van der Waals surface area contributed by atoms with E-state index < -0.39 is 17.9 Å². The molecule has 0 amide bonds. The number of ether oxygens (including phenoxy) is 1. The molecule has 5 heteroatoms. The van der Waals surface area contributed by atoms with Crippen molar-refractivity contribution in [3.63, 3.8) is 0 Å². The van der Waals surface area contributed by atoms with Crippen molar-refractivity contribution in [1.29, 1.82) is 0 Å². The Kier molecular flexibility index (Phi) is 3.78. The molecule has 1 N–H and O–H groups in total. The van der Waals surface area contributed by atoms with Crippen LogP contribution in [0.4, 0.5) is 0 Å². The zero-order chi connectivity index (χ0) is 12.5. The number of allylic oxidation sites excluding steroid dienone is 1. The molecule has 0 unspecified atom stereocenters. The fourth-order valence-corrected chi connectivity index (χ4v) is 2.29. The van der Waals surface area contributed by atoms with E-state index >= 15 is 0 Å². The molecule has 1 rings (SSSR count). The number of carbonyl (C=O) groups is 2. The van der Waals surface area contributed by atoms with Crippen LogP contribution in [0, 0.1) is 17.3 Å². The number of carboxylic acid groups (broad SMARTS) is 1. The van der Waals surface area contributed by atoms with Gasteiger partial charge in [0, 0.05) is 0 Å². The zero-order valence-corrected chi connectivity index (χ0v) is 11.1. The molecule has 0 heterocycles. The highest BCUT2D eigenvalue weighted by atomic mass is 79.9. The molecule has 1 saturated carbocycles. The van der Waals surface area contributed by atoms with E-state index in [1.165, 1.54) is 0 Å². The third-order valence-corrected chi connectivity index (χ3v) is 3.56. The fraction of sp³-hybridized carbons (Fsp3) is 0.636. The van der Waals surface area contributed by atoms with E-state index in [-0.39, 0.29) is 11.3 Å². The molecule has 0 aliphatic heterocycles. The average Bonchev–Trinajstić information content (AvgIpc) is 2.68. The van der Waals surface area contributed by atoms with Crippen LogP contribution in [0.1, 0.15) is 20.8 Å². The van der Waals surface area contributed by atoms with E-state index in [2.05, 4.69) is 15.9 Å². The van der Waals surface area contributed by atoms with Crippen LogP contribution in [-0.2, 0) is 14.3 Å². The van der Waals surface area contributed by atoms with Crippen molar-refractivity contribution in [3.8, 4) is 0 Å². The van der Waals surface area contributed by atoms with Crippen LogP contribution >= 0.6 is 15.9 Å². The highest BCUT2D eigenvalue weighted by Gasteiger charge is 2.61. The van der Waals surface area contributed by atoms with Gasteiger partial charge in [-0.1, -0.05) is 19.9 Å². The van der Waals surface area contributed by atoms with Crippen molar-refractivity contribution in [3.05, 3.63) is 10.6 Å². The molecule has 16 heavy (non-hydrogen) atoms. The summed E-state index contributed by atoms with van der Waals surface area (Å²) in [5, 5.41) is 8.95. The van der Waals surface area contributed by atoms with E-state index in [1.54, 1.807) is 13.0 Å². The van der Waals surface area contributed by atoms with Crippen LogP contribution in [-0.4, -0.2) is 23.7 Å². The lowest BCUT2D eigenvalue weighted by molar-refractivity contribution is -0.140. The number of rotatable bonds is 4. The summed E-state index contributed by atoms with van der Waals surface area (Å²) in [5.74, 6) is -1.82. The first-order valence-corrected chi connectivity index (χ1v) is 5.89. The van der Waals surface area contributed by atoms with Crippen LogP contribution < -0.4 is 0 Å². The standard InChI is InChI=1S/C11H15BrO4/c1-4-16-10(15)7(12)5-6-8(9(13)14)11(6,2)3/h5-6,8H,4H2,1-3H3,(H,13,14)/b7-5-/t6-,8+/m1/s1. The normalized spacial score (nSPS) is 27.4. The second kappa shape index (κ2) is 4.57. The minimum Gasteiger partial charge on any atom is -0.481 e. The van der Waals surface area contributed by atoms with Gasteiger partial charge in [0.15, 0.2) is 0 Å². The minimum atomic E-state index is -0.824. The smallest absolute Gasteiger partial charge is 0.344 e. The number of aliphatic carboxylic acids is 1. The summed E-state index contributed by atoms with van der Waals surface area (Å²) in [6, 6.07) is 0. The number of hydrogen-bond donors (Lipinski definition) is 1.